The molecule has 0 radical (unpaired) electrons. The molecule has 0 saturated carbocycles. The van der Waals surface area contributed by atoms with Gasteiger partial charge < -0.3 is 0 Å². The summed E-state index contributed by atoms with van der Waals surface area (Å²) < 4.78 is 1.68. The molecule has 0 amide bonds. The first-order valence-electron chi connectivity index (χ1n) is 3.97. The molecule has 5 heteroatoms. The minimum Gasteiger partial charge on any atom is -0.244 e. The molecule has 2 rings (SSSR count). The van der Waals surface area contributed by atoms with Crippen LogP contribution in [0.4, 0.5) is 0 Å². The maximum absolute atomic E-state index is 8.92. The van der Waals surface area contributed by atoms with Crippen LogP contribution in [0.5, 0.6) is 0 Å². The second-order valence-electron chi connectivity index (χ2n) is 2.88. The Bertz CT molecular complexity index is 590. The Hall–Kier alpha value is -0.630. The lowest BCUT2D eigenvalue weighted by Gasteiger charge is -2.05. The van der Waals surface area contributed by atoms with E-state index in [4.69, 9.17) is 16.9 Å². The number of halogens is 3. The molecule has 2 nitrogen and oxygen atoms in total. The number of aromatic nitrogens is 1. The summed E-state index contributed by atoms with van der Waals surface area (Å²) in [6.07, 6.45) is 1.61. The first kappa shape index (κ1) is 10.9. The summed E-state index contributed by atoms with van der Waals surface area (Å²) in [4.78, 5) is 4.02. The van der Waals surface area contributed by atoms with Gasteiger partial charge in [-0.15, -0.1) is 0 Å². The number of hydrogen-bond donors (Lipinski definition) is 0. The van der Waals surface area contributed by atoms with Crippen LogP contribution in [-0.4, -0.2) is 4.98 Å². The molecule has 0 spiro atoms. The molecule has 2 aromatic rings. The quantitative estimate of drug-likeness (QED) is 0.714. The van der Waals surface area contributed by atoms with E-state index in [0.29, 0.717) is 10.7 Å². The van der Waals surface area contributed by atoms with Crippen LogP contribution < -0.4 is 0 Å². The van der Waals surface area contributed by atoms with Gasteiger partial charge in [0.1, 0.15) is 11.8 Å². The van der Waals surface area contributed by atoms with Gasteiger partial charge in [0.2, 0.25) is 0 Å². The van der Waals surface area contributed by atoms with E-state index in [2.05, 4.69) is 36.8 Å². The van der Waals surface area contributed by atoms with Crippen molar-refractivity contribution in [1.82, 2.24) is 4.98 Å². The van der Waals surface area contributed by atoms with Crippen molar-refractivity contribution in [2.75, 3.05) is 0 Å². The third-order valence-corrected chi connectivity index (χ3v) is 3.41. The standard InChI is InChI=1S/C10H3Br2ClN2/c11-7-2-5(13)1-6-9(3-14)15-4-8(12)10(6)7/h1-2,4H. The van der Waals surface area contributed by atoms with Gasteiger partial charge in [0.15, 0.2) is 0 Å². The van der Waals surface area contributed by atoms with E-state index in [0.717, 1.165) is 19.7 Å². The van der Waals surface area contributed by atoms with Crippen molar-refractivity contribution in [3.8, 4) is 6.07 Å². The van der Waals surface area contributed by atoms with Gasteiger partial charge in [-0.3, -0.25) is 0 Å². The normalized spacial score (nSPS) is 10.3. The second-order valence-corrected chi connectivity index (χ2v) is 5.02. The zero-order valence-electron chi connectivity index (χ0n) is 7.26. The molecule has 0 bridgehead atoms. The Labute approximate surface area is 108 Å². The molecule has 0 unspecified atom stereocenters. The molecule has 0 aliphatic carbocycles. The van der Waals surface area contributed by atoms with Gasteiger partial charge in [-0.2, -0.15) is 5.26 Å². The fourth-order valence-electron chi connectivity index (χ4n) is 1.35. The Morgan fingerprint density at radius 3 is 2.67 bits per heavy atom. The average molecular weight is 346 g/mol. The van der Waals surface area contributed by atoms with Crippen LogP contribution in [0.2, 0.25) is 5.02 Å². The van der Waals surface area contributed by atoms with Gasteiger partial charge in [0, 0.05) is 30.9 Å². The van der Waals surface area contributed by atoms with Crippen molar-refractivity contribution in [1.29, 1.82) is 5.26 Å². The van der Waals surface area contributed by atoms with Crippen molar-refractivity contribution >= 4 is 54.2 Å². The predicted octanol–water partition coefficient (Wildman–Crippen LogP) is 4.28. The molecule has 74 valence electrons. The lowest BCUT2D eigenvalue weighted by Crippen LogP contribution is -1.87. The summed E-state index contributed by atoms with van der Waals surface area (Å²) in [7, 11) is 0. The Morgan fingerprint density at radius 1 is 1.27 bits per heavy atom. The van der Waals surface area contributed by atoms with Crippen molar-refractivity contribution in [3.63, 3.8) is 0 Å². The van der Waals surface area contributed by atoms with Gasteiger partial charge in [0.25, 0.3) is 0 Å². The van der Waals surface area contributed by atoms with E-state index in [-0.39, 0.29) is 0 Å². The van der Waals surface area contributed by atoms with E-state index >= 15 is 0 Å². The summed E-state index contributed by atoms with van der Waals surface area (Å²) >= 11 is 12.7. The lowest BCUT2D eigenvalue weighted by atomic mass is 10.1. The Morgan fingerprint density at radius 2 is 2.00 bits per heavy atom. The molecule has 0 N–H and O–H groups in total. The highest BCUT2D eigenvalue weighted by Crippen LogP contribution is 2.34. The number of rotatable bonds is 0. The number of nitriles is 1. The fraction of sp³-hybridized carbons (Fsp3) is 0. The first-order valence-corrected chi connectivity index (χ1v) is 5.93. The number of fused-ring (bicyclic) bond motifs is 1. The number of nitrogens with zero attached hydrogens (tertiary/aromatic N) is 2. The first-order chi connectivity index (χ1) is 7.13. The van der Waals surface area contributed by atoms with Gasteiger partial charge in [0.05, 0.1) is 0 Å². The SMILES string of the molecule is N#Cc1ncc(Br)c2c(Br)cc(Cl)cc12. The van der Waals surface area contributed by atoms with E-state index in [1.165, 1.54) is 0 Å². The van der Waals surface area contributed by atoms with Crippen LogP contribution in [0.25, 0.3) is 10.8 Å². The van der Waals surface area contributed by atoms with Gasteiger partial charge in [-0.1, -0.05) is 27.5 Å². The summed E-state index contributed by atoms with van der Waals surface area (Å²) in [6, 6.07) is 5.56. The highest BCUT2D eigenvalue weighted by molar-refractivity contribution is 9.11. The highest BCUT2D eigenvalue weighted by Gasteiger charge is 2.09. The number of benzene rings is 1. The molecule has 0 atom stereocenters. The molecule has 1 aromatic heterocycles. The zero-order chi connectivity index (χ0) is 11.0. The third kappa shape index (κ3) is 1.87. The summed E-state index contributed by atoms with van der Waals surface area (Å²) in [5.74, 6) is 0. The maximum atomic E-state index is 8.92. The summed E-state index contributed by atoms with van der Waals surface area (Å²) in [6.45, 7) is 0. The largest absolute Gasteiger partial charge is 0.244 e. The second kappa shape index (κ2) is 4.09. The molecule has 0 fully saturated rings. The van der Waals surface area contributed by atoms with Crippen LogP contribution in [0.3, 0.4) is 0 Å². The monoisotopic (exact) mass is 344 g/mol. The molecule has 0 aliphatic heterocycles. The summed E-state index contributed by atoms with van der Waals surface area (Å²) in [5, 5.41) is 11.1. The van der Waals surface area contributed by atoms with Crippen LogP contribution in [0.15, 0.2) is 27.3 Å². The molecule has 0 aliphatic rings. The predicted molar refractivity (Wildman–Crippen MR) is 66.9 cm³/mol. The topological polar surface area (TPSA) is 36.7 Å². The molecule has 15 heavy (non-hydrogen) atoms. The summed E-state index contributed by atoms with van der Waals surface area (Å²) in [5.41, 5.74) is 0.372. The van der Waals surface area contributed by atoms with E-state index in [9.17, 15) is 0 Å². The zero-order valence-corrected chi connectivity index (χ0v) is 11.2. The fourth-order valence-corrected chi connectivity index (χ4v) is 3.17. The smallest absolute Gasteiger partial charge is 0.148 e. The van der Waals surface area contributed by atoms with E-state index in [1.807, 2.05) is 6.07 Å². The molecular formula is C10H3Br2ClN2. The van der Waals surface area contributed by atoms with Crippen molar-refractivity contribution in [2.45, 2.75) is 0 Å². The Balaban J connectivity index is 3.02. The van der Waals surface area contributed by atoms with Gasteiger partial charge in [-0.25, -0.2) is 4.98 Å². The minimum atomic E-state index is 0.372. The maximum Gasteiger partial charge on any atom is 0.148 e. The lowest BCUT2D eigenvalue weighted by molar-refractivity contribution is 1.28. The molecular weight excluding hydrogens is 343 g/mol. The molecule has 1 aromatic carbocycles. The van der Waals surface area contributed by atoms with Gasteiger partial charge in [-0.05, 0) is 28.1 Å². The highest BCUT2D eigenvalue weighted by atomic mass is 79.9. The molecule has 1 heterocycles. The van der Waals surface area contributed by atoms with Crippen molar-refractivity contribution in [2.24, 2.45) is 0 Å². The van der Waals surface area contributed by atoms with Crippen LogP contribution >= 0.6 is 43.5 Å². The van der Waals surface area contributed by atoms with Crippen molar-refractivity contribution < 1.29 is 0 Å². The van der Waals surface area contributed by atoms with Crippen LogP contribution in [0.1, 0.15) is 5.69 Å². The van der Waals surface area contributed by atoms with Crippen molar-refractivity contribution in [3.05, 3.63) is 38.0 Å². The van der Waals surface area contributed by atoms with Crippen LogP contribution in [-0.2, 0) is 0 Å². The van der Waals surface area contributed by atoms with E-state index < -0.39 is 0 Å². The average Bonchev–Trinajstić information content (AvgIpc) is 2.17. The minimum absolute atomic E-state index is 0.372. The number of hydrogen-bond acceptors (Lipinski definition) is 2. The third-order valence-electron chi connectivity index (χ3n) is 1.96. The van der Waals surface area contributed by atoms with Gasteiger partial charge >= 0.3 is 0 Å². The number of pyridine rings is 1. The van der Waals surface area contributed by atoms with E-state index in [1.54, 1.807) is 18.3 Å². The Kier molecular flexibility index (Phi) is 2.96. The molecule has 0 saturated heterocycles. The van der Waals surface area contributed by atoms with Crippen LogP contribution in [0, 0.1) is 11.3 Å².